The number of phenols is 1. The van der Waals surface area contributed by atoms with E-state index in [9.17, 15) is 14.3 Å². The smallest absolute Gasteiger partial charge is 0.185 e. The van der Waals surface area contributed by atoms with Gasteiger partial charge in [-0.25, -0.2) is 4.39 Å². The van der Waals surface area contributed by atoms with Crippen LogP contribution in [0.5, 0.6) is 5.75 Å². The van der Waals surface area contributed by atoms with Crippen LogP contribution in [-0.2, 0) is 0 Å². The van der Waals surface area contributed by atoms with Crippen LogP contribution < -0.4 is 0 Å². The molecule has 0 aromatic heterocycles. The summed E-state index contributed by atoms with van der Waals surface area (Å²) in [6.07, 6.45) is 2.89. The van der Waals surface area contributed by atoms with Crippen molar-refractivity contribution in [2.75, 3.05) is 0 Å². The predicted molar refractivity (Wildman–Crippen MR) is 67.9 cm³/mol. The van der Waals surface area contributed by atoms with E-state index in [0.717, 1.165) is 0 Å². The van der Waals surface area contributed by atoms with Gasteiger partial charge in [0.05, 0.1) is 0 Å². The Kier molecular flexibility index (Phi) is 3.53. The molecule has 0 heterocycles. The van der Waals surface area contributed by atoms with Gasteiger partial charge in [0.1, 0.15) is 11.6 Å². The monoisotopic (exact) mass is 242 g/mol. The van der Waals surface area contributed by atoms with Gasteiger partial charge in [0.2, 0.25) is 0 Å². The number of benzene rings is 2. The zero-order valence-corrected chi connectivity index (χ0v) is 9.51. The summed E-state index contributed by atoms with van der Waals surface area (Å²) >= 11 is 0. The minimum atomic E-state index is -0.345. The minimum Gasteiger partial charge on any atom is -0.508 e. The maximum atomic E-state index is 12.9. The normalized spacial score (nSPS) is 10.7. The standard InChI is InChI=1S/C15H11FO2/c16-13-5-1-3-11(9-13)7-8-15(18)12-4-2-6-14(17)10-12/h1-10,17H. The summed E-state index contributed by atoms with van der Waals surface area (Å²) in [5.41, 5.74) is 1.01. The third kappa shape index (κ3) is 3.04. The number of carbonyl (C=O) groups is 1. The van der Waals surface area contributed by atoms with Crippen LogP contribution in [0, 0.1) is 5.82 Å². The van der Waals surface area contributed by atoms with Crippen LogP contribution >= 0.6 is 0 Å². The second-order valence-electron chi connectivity index (χ2n) is 3.80. The Hall–Kier alpha value is -2.42. The summed E-state index contributed by atoms with van der Waals surface area (Å²) in [5.74, 6) is -0.544. The van der Waals surface area contributed by atoms with Gasteiger partial charge in [-0.2, -0.15) is 0 Å². The Morgan fingerprint density at radius 3 is 2.61 bits per heavy atom. The van der Waals surface area contributed by atoms with Gasteiger partial charge < -0.3 is 5.11 Å². The zero-order valence-electron chi connectivity index (χ0n) is 9.51. The van der Waals surface area contributed by atoms with Crippen LogP contribution in [-0.4, -0.2) is 10.9 Å². The molecule has 0 saturated carbocycles. The summed E-state index contributed by atoms with van der Waals surface area (Å²) < 4.78 is 12.9. The summed E-state index contributed by atoms with van der Waals surface area (Å²) in [6.45, 7) is 0. The number of hydrogen-bond acceptors (Lipinski definition) is 2. The molecule has 0 amide bonds. The van der Waals surface area contributed by atoms with Gasteiger partial charge in [0, 0.05) is 5.56 Å². The lowest BCUT2D eigenvalue weighted by Gasteiger charge is -1.97. The second-order valence-corrected chi connectivity index (χ2v) is 3.80. The van der Waals surface area contributed by atoms with E-state index in [-0.39, 0.29) is 17.3 Å². The first-order chi connectivity index (χ1) is 8.65. The van der Waals surface area contributed by atoms with Crippen LogP contribution in [0.3, 0.4) is 0 Å². The maximum absolute atomic E-state index is 12.9. The van der Waals surface area contributed by atoms with Crippen molar-refractivity contribution < 1.29 is 14.3 Å². The Morgan fingerprint density at radius 1 is 1.11 bits per heavy atom. The second kappa shape index (κ2) is 5.27. The SMILES string of the molecule is O=C(C=Cc1cccc(F)c1)c1cccc(O)c1. The van der Waals surface area contributed by atoms with E-state index in [1.807, 2.05) is 0 Å². The van der Waals surface area contributed by atoms with Crippen molar-refractivity contribution in [3.8, 4) is 5.75 Å². The summed E-state index contributed by atoms with van der Waals surface area (Å²) in [4.78, 5) is 11.8. The van der Waals surface area contributed by atoms with Crippen molar-refractivity contribution in [1.29, 1.82) is 0 Å². The van der Waals surface area contributed by atoms with E-state index in [2.05, 4.69) is 0 Å². The molecule has 18 heavy (non-hydrogen) atoms. The highest BCUT2D eigenvalue weighted by Gasteiger charge is 2.02. The molecule has 3 heteroatoms. The first kappa shape index (κ1) is 12.0. The molecule has 2 aromatic carbocycles. The Labute approximate surface area is 104 Å². The molecule has 0 aliphatic carbocycles. The average molecular weight is 242 g/mol. The quantitative estimate of drug-likeness (QED) is 0.661. The fourth-order valence-electron chi connectivity index (χ4n) is 1.54. The average Bonchev–Trinajstić information content (AvgIpc) is 2.36. The van der Waals surface area contributed by atoms with Gasteiger partial charge in [-0.1, -0.05) is 30.3 Å². The molecule has 2 rings (SSSR count). The van der Waals surface area contributed by atoms with Gasteiger partial charge in [-0.3, -0.25) is 4.79 Å². The van der Waals surface area contributed by atoms with Crippen LogP contribution in [0.2, 0.25) is 0 Å². The molecule has 0 saturated heterocycles. The van der Waals surface area contributed by atoms with Crippen molar-refractivity contribution in [3.63, 3.8) is 0 Å². The molecule has 0 aliphatic heterocycles. The highest BCUT2D eigenvalue weighted by atomic mass is 19.1. The van der Waals surface area contributed by atoms with Crippen LogP contribution in [0.4, 0.5) is 4.39 Å². The molecule has 90 valence electrons. The van der Waals surface area contributed by atoms with Gasteiger partial charge in [-0.15, -0.1) is 0 Å². The molecule has 2 nitrogen and oxygen atoms in total. The molecule has 0 atom stereocenters. The van der Waals surface area contributed by atoms with Gasteiger partial charge in [-0.05, 0) is 35.9 Å². The lowest BCUT2D eigenvalue weighted by atomic mass is 10.1. The molecule has 0 unspecified atom stereocenters. The highest BCUT2D eigenvalue weighted by Crippen LogP contribution is 2.13. The largest absolute Gasteiger partial charge is 0.508 e. The number of phenolic OH excluding ortho intramolecular Hbond substituents is 1. The van der Waals surface area contributed by atoms with Gasteiger partial charge in [0.15, 0.2) is 5.78 Å². The van der Waals surface area contributed by atoms with E-state index in [1.54, 1.807) is 24.3 Å². The summed E-state index contributed by atoms with van der Waals surface area (Å²) in [5, 5.41) is 9.26. The Morgan fingerprint density at radius 2 is 1.89 bits per heavy atom. The van der Waals surface area contributed by atoms with Crippen molar-refractivity contribution in [2.45, 2.75) is 0 Å². The molecule has 0 aliphatic rings. The number of rotatable bonds is 3. The van der Waals surface area contributed by atoms with Gasteiger partial charge in [0.25, 0.3) is 0 Å². The third-order valence-electron chi connectivity index (χ3n) is 2.41. The van der Waals surface area contributed by atoms with Crippen molar-refractivity contribution in [1.82, 2.24) is 0 Å². The molecule has 0 spiro atoms. The van der Waals surface area contributed by atoms with Crippen molar-refractivity contribution in [3.05, 3.63) is 71.6 Å². The van der Waals surface area contributed by atoms with Crippen molar-refractivity contribution in [2.24, 2.45) is 0 Å². The summed E-state index contributed by atoms with van der Waals surface area (Å²) in [7, 11) is 0. The highest BCUT2D eigenvalue weighted by molar-refractivity contribution is 6.07. The maximum Gasteiger partial charge on any atom is 0.185 e. The molecule has 2 aromatic rings. The number of aromatic hydroxyl groups is 1. The number of halogens is 1. The van der Waals surface area contributed by atoms with E-state index >= 15 is 0 Å². The molecular weight excluding hydrogens is 231 g/mol. The third-order valence-corrected chi connectivity index (χ3v) is 2.41. The predicted octanol–water partition coefficient (Wildman–Crippen LogP) is 3.43. The van der Waals surface area contributed by atoms with Crippen LogP contribution in [0.15, 0.2) is 54.6 Å². The lowest BCUT2D eigenvalue weighted by molar-refractivity contribution is 0.104. The fourth-order valence-corrected chi connectivity index (χ4v) is 1.54. The van der Waals surface area contributed by atoms with Crippen LogP contribution in [0.25, 0.3) is 6.08 Å². The Bertz CT molecular complexity index is 603. The topological polar surface area (TPSA) is 37.3 Å². The molecule has 0 radical (unpaired) electrons. The minimum absolute atomic E-state index is 0.0417. The van der Waals surface area contributed by atoms with Crippen LogP contribution in [0.1, 0.15) is 15.9 Å². The van der Waals surface area contributed by atoms with E-state index in [1.165, 1.54) is 36.4 Å². The number of ketones is 1. The number of hydrogen-bond donors (Lipinski definition) is 1. The molecule has 1 N–H and O–H groups in total. The Balaban J connectivity index is 2.17. The molecule has 0 bridgehead atoms. The van der Waals surface area contributed by atoms with Crippen molar-refractivity contribution >= 4 is 11.9 Å². The van der Waals surface area contributed by atoms with E-state index < -0.39 is 0 Å². The zero-order chi connectivity index (χ0) is 13.0. The molecule has 0 fully saturated rings. The number of allylic oxidation sites excluding steroid dienone is 1. The summed E-state index contributed by atoms with van der Waals surface area (Å²) in [6, 6.07) is 12.0. The van der Waals surface area contributed by atoms with E-state index in [0.29, 0.717) is 11.1 Å². The van der Waals surface area contributed by atoms with E-state index in [4.69, 9.17) is 0 Å². The first-order valence-electron chi connectivity index (χ1n) is 5.42. The fraction of sp³-hybridized carbons (Fsp3) is 0. The van der Waals surface area contributed by atoms with Gasteiger partial charge >= 0.3 is 0 Å². The lowest BCUT2D eigenvalue weighted by Crippen LogP contribution is -1.93. The first-order valence-corrected chi connectivity index (χ1v) is 5.42. The molecular formula is C15H11FO2. The number of carbonyl (C=O) groups excluding carboxylic acids is 1.